The Kier molecular flexibility index (Phi) is 4.82. The second-order valence-corrected chi connectivity index (χ2v) is 6.09. The number of nitrogens with zero attached hydrogens (tertiary/aromatic N) is 2. The van der Waals surface area contributed by atoms with Crippen LogP contribution in [0.3, 0.4) is 0 Å². The van der Waals surface area contributed by atoms with Gasteiger partial charge in [0.15, 0.2) is 0 Å². The number of pyridine rings is 1. The molecule has 0 aliphatic heterocycles. The van der Waals surface area contributed by atoms with E-state index in [-0.39, 0.29) is 22.7 Å². The van der Waals surface area contributed by atoms with Crippen LogP contribution in [-0.4, -0.2) is 21.4 Å². The van der Waals surface area contributed by atoms with Gasteiger partial charge in [-0.25, -0.2) is 0 Å². The fourth-order valence-electron chi connectivity index (χ4n) is 1.84. The Morgan fingerprint density at radius 1 is 1.12 bits per heavy atom. The van der Waals surface area contributed by atoms with E-state index in [0.29, 0.717) is 0 Å². The summed E-state index contributed by atoms with van der Waals surface area (Å²) >= 11 is 0. The second-order valence-electron chi connectivity index (χ2n) is 6.09. The van der Waals surface area contributed by atoms with E-state index in [2.05, 4.69) is 10.1 Å². The minimum atomic E-state index is -4.49. The molecule has 0 unspecified atom stereocenters. The number of halogens is 3. The van der Waals surface area contributed by atoms with E-state index in [9.17, 15) is 18.3 Å². The average Bonchev–Trinajstić information content (AvgIpc) is 2.47. The number of alkyl halides is 3. The summed E-state index contributed by atoms with van der Waals surface area (Å²) in [5, 5.41) is 13.9. The van der Waals surface area contributed by atoms with Gasteiger partial charge >= 0.3 is 6.18 Å². The molecule has 0 saturated heterocycles. The van der Waals surface area contributed by atoms with Gasteiger partial charge in [-0.3, -0.25) is 4.98 Å². The van der Waals surface area contributed by atoms with Gasteiger partial charge in [0.05, 0.1) is 5.56 Å². The topological polar surface area (TPSA) is 54.7 Å². The van der Waals surface area contributed by atoms with Crippen LogP contribution < -0.4 is 0 Å². The van der Waals surface area contributed by atoms with Crippen molar-refractivity contribution >= 4 is 5.71 Å². The lowest BCUT2D eigenvalue weighted by molar-refractivity contribution is -0.137. The van der Waals surface area contributed by atoms with Crippen molar-refractivity contribution in [1.82, 2.24) is 4.98 Å². The zero-order valence-electron chi connectivity index (χ0n) is 13.4. The van der Waals surface area contributed by atoms with Crippen LogP contribution in [0.25, 0.3) is 0 Å². The van der Waals surface area contributed by atoms with Crippen molar-refractivity contribution in [3.8, 4) is 5.75 Å². The smallest absolute Gasteiger partial charge is 0.416 e. The van der Waals surface area contributed by atoms with Gasteiger partial charge in [-0.1, -0.05) is 17.3 Å². The van der Waals surface area contributed by atoms with Crippen LogP contribution in [0.15, 0.2) is 47.8 Å². The molecule has 1 N–H and O–H groups in total. The Bertz CT molecular complexity index is 750. The normalized spacial score (nSPS) is 13.0. The van der Waals surface area contributed by atoms with Crippen LogP contribution in [0.2, 0.25) is 0 Å². The molecule has 1 aromatic heterocycles. The Morgan fingerprint density at radius 2 is 1.83 bits per heavy atom. The number of aromatic hydroxyl groups is 1. The van der Waals surface area contributed by atoms with Gasteiger partial charge in [0.1, 0.15) is 22.8 Å². The first-order chi connectivity index (χ1) is 11.1. The summed E-state index contributed by atoms with van der Waals surface area (Å²) in [5.41, 5.74) is -1.27. The molecule has 7 heteroatoms. The van der Waals surface area contributed by atoms with E-state index >= 15 is 0 Å². The fourth-order valence-corrected chi connectivity index (χ4v) is 1.84. The molecular weight excluding hydrogens is 321 g/mol. The van der Waals surface area contributed by atoms with E-state index in [1.807, 2.05) is 0 Å². The Morgan fingerprint density at radius 3 is 2.42 bits per heavy atom. The molecule has 0 bridgehead atoms. The SMILES string of the molecule is CC(C)(C)ON=C(c1cccc(C(F)(F)F)c1)c1ncccc1O. The number of hydrogen-bond donors (Lipinski definition) is 1. The molecule has 1 heterocycles. The third kappa shape index (κ3) is 4.47. The lowest BCUT2D eigenvalue weighted by Gasteiger charge is -2.17. The van der Waals surface area contributed by atoms with Crippen molar-refractivity contribution in [1.29, 1.82) is 0 Å². The number of aromatic nitrogens is 1. The van der Waals surface area contributed by atoms with Crippen LogP contribution >= 0.6 is 0 Å². The first kappa shape index (κ1) is 17.8. The molecule has 0 amide bonds. The third-order valence-corrected chi connectivity index (χ3v) is 2.88. The maximum atomic E-state index is 13.0. The lowest BCUT2D eigenvalue weighted by Crippen LogP contribution is -2.18. The van der Waals surface area contributed by atoms with Gasteiger partial charge in [-0.15, -0.1) is 0 Å². The molecule has 2 aromatic rings. The van der Waals surface area contributed by atoms with Gasteiger partial charge in [-0.05, 0) is 45.0 Å². The second kappa shape index (κ2) is 6.51. The standard InChI is InChI=1S/C17H17F3N2O2/c1-16(2,3)24-22-14(15-13(23)8-5-9-21-15)11-6-4-7-12(10-11)17(18,19)20/h4-10,23H,1-3H3. The Balaban J connectivity index is 2.57. The van der Waals surface area contributed by atoms with Gasteiger partial charge < -0.3 is 9.94 Å². The summed E-state index contributed by atoms with van der Waals surface area (Å²) < 4.78 is 38.9. The van der Waals surface area contributed by atoms with Gasteiger partial charge in [0, 0.05) is 11.8 Å². The molecular formula is C17H17F3N2O2. The van der Waals surface area contributed by atoms with Gasteiger partial charge in [-0.2, -0.15) is 13.2 Å². The molecule has 0 aliphatic carbocycles. The van der Waals surface area contributed by atoms with E-state index in [1.165, 1.54) is 30.5 Å². The molecule has 24 heavy (non-hydrogen) atoms. The molecule has 0 radical (unpaired) electrons. The molecule has 2 rings (SSSR count). The molecule has 128 valence electrons. The molecule has 0 atom stereocenters. The minimum Gasteiger partial charge on any atom is -0.506 e. The zero-order valence-corrected chi connectivity index (χ0v) is 13.4. The summed E-state index contributed by atoms with van der Waals surface area (Å²) in [5.74, 6) is -0.203. The van der Waals surface area contributed by atoms with E-state index in [0.717, 1.165) is 12.1 Å². The van der Waals surface area contributed by atoms with Gasteiger partial charge in [0.2, 0.25) is 0 Å². The van der Waals surface area contributed by atoms with Crippen LogP contribution in [0.4, 0.5) is 13.2 Å². The highest BCUT2D eigenvalue weighted by atomic mass is 19.4. The van der Waals surface area contributed by atoms with E-state index < -0.39 is 17.3 Å². The first-order valence-electron chi connectivity index (χ1n) is 7.16. The average molecular weight is 338 g/mol. The van der Waals surface area contributed by atoms with Crippen LogP contribution in [-0.2, 0) is 11.0 Å². The minimum absolute atomic E-state index is 0.0223. The largest absolute Gasteiger partial charge is 0.506 e. The maximum Gasteiger partial charge on any atom is 0.416 e. The fraction of sp³-hybridized carbons (Fsp3) is 0.294. The highest BCUT2D eigenvalue weighted by molar-refractivity contribution is 6.12. The molecule has 0 spiro atoms. The summed E-state index contributed by atoms with van der Waals surface area (Å²) in [6.45, 7) is 5.25. The molecule has 0 aliphatic rings. The predicted molar refractivity (Wildman–Crippen MR) is 83.8 cm³/mol. The first-order valence-corrected chi connectivity index (χ1v) is 7.16. The third-order valence-electron chi connectivity index (χ3n) is 2.88. The van der Waals surface area contributed by atoms with Crippen LogP contribution in [0.5, 0.6) is 5.75 Å². The lowest BCUT2D eigenvalue weighted by atomic mass is 10.0. The van der Waals surface area contributed by atoms with Crippen LogP contribution in [0.1, 0.15) is 37.6 Å². The Hall–Kier alpha value is -2.57. The summed E-state index contributed by atoms with van der Waals surface area (Å²) in [6, 6.07) is 7.51. The zero-order chi connectivity index (χ0) is 18.0. The molecule has 4 nitrogen and oxygen atoms in total. The Labute approximate surface area is 137 Å². The quantitative estimate of drug-likeness (QED) is 0.668. The van der Waals surface area contributed by atoms with Crippen molar-refractivity contribution in [3.05, 3.63) is 59.4 Å². The van der Waals surface area contributed by atoms with Gasteiger partial charge in [0.25, 0.3) is 0 Å². The van der Waals surface area contributed by atoms with E-state index in [1.54, 1.807) is 20.8 Å². The van der Waals surface area contributed by atoms with Crippen LogP contribution in [0, 0.1) is 0 Å². The predicted octanol–water partition coefficient (Wildman–Crippen LogP) is 4.37. The number of hydrogen-bond acceptors (Lipinski definition) is 4. The highest BCUT2D eigenvalue weighted by Gasteiger charge is 2.31. The van der Waals surface area contributed by atoms with E-state index in [4.69, 9.17) is 4.84 Å². The molecule has 1 aromatic carbocycles. The van der Waals surface area contributed by atoms with Crippen molar-refractivity contribution in [2.75, 3.05) is 0 Å². The highest BCUT2D eigenvalue weighted by Crippen LogP contribution is 2.30. The van der Waals surface area contributed by atoms with Crippen molar-refractivity contribution in [3.63, 3.8) is 0 Å². The monoisotopic (exact) mass is 338 g/mol. The summed E-state index contributed by atoms with van der Waals surface area (Å²) in [6.07, 6.45) is -3.08. The summed E-state index contributed by atoms with van der Waals surface area (Å²) in [7, 11) is 0. The molecule has 0 saturated carbocycles. The molecule has 0 fully saturated rings. The van der Waals surface area contributed by atoms with Crippen molar-refractivity contribution in [2.45, 2.75) is 32.5 Å². The number of rotatable bonds is 3. The maximum absolute atomic E-state index is 13.0. The number of benzene rings is 1. The number of oxime groups is 1. The van der Waals surface area contributed by atoms with Crippen molar-refractivity contribution in [2.24, 2.45) is 5.16 Å². The summed E-state index contributed by atoms with van der Waals surface area (Å²) in [4.78, 5) is 9.34. The van der Waals surface area contributed by atoms with Crippen molar-refractivity contribution < 1.29 is 23.1 Å².